The Labute approximate surface area is 70.7 Å². The van der Waals surface area contributed by atoms with Gasteiger partial charge in [-0.05, 0) is 6.92 Å². The highest BCUT2D eigenvalue weighted by molar-refractivity contribution is 5.78. The van der Waals surface area contributed by atoms with Crippen LogP contribution in [-0.2, 0) is 14.3 Å². The molecule has 2 N–H and O–H groups in total. The number of esters is 1. The van der Waals surface area contributed by atoms with Crippen LogP contribution in [-0.4, -0.2) is 36.2 Å². The molecule has 0 aliphatic heterocycles. The Bertz CT molecular complexity index is 180. The Balaban J connectivity index is 4.00. The van der Waals surface area contributed by atoms with Crippen LogP contribution in [0.5, 0.6) is 0 Å². The van der Waals surface area contributed by atoms with Gasteiger partial charge in [0.25, 0.3) is 0 Å². The number of aliphatic hydroxyl groups is 1. The first kappa shape index (κ1) is 10.9. The van der Waals surface area contributed by atoms with Crippen LogP contribution in [0.4, 0.5) is 0 Å². The molecule has 0 aromatic rings. The average molecular weight is 175 g/mol. The van der Waals surface area contributed by atoms with Crippen molar-refractivity contribution in [2.24, 2.45) is 0 Å². The SMILES string of the molecule is COC(=O)[C@H](O)[C@H](C)NC(C)=O. The van der Waals surface area contributed by atoms with Crippen LogP contribution in [0.1, 0.15) is 13.8 Å². The summed E-state index contributed by atoms with van der Waals surface area (Å²) in [6.45, 7) is 2.82. The third-order valence-electron chi connectivity index (χ3n) is 1.35. The molecule has 5 nitrogen and oxygen atoms in total. The van der Waals surface area contributed by atoms with E-state index < -0.39 is 18.1 Å². The maximum Gasteiger partial charge on any atom is 0.336 e. The molecule has 1 amide bonds. The van der Waals surface area contributed by atoms with E-state index in [1.54, 1.807) is 0 Å². The summed E-state index contributed by atoms with van der Waals surface area (Å²) in [5, 5.41) is 11.5. The number of nitrogens with one attached hydrogen (secondary N) is 1. The molecule has 0 fully saturated rings. The number of ether oxygens (including phenoxy) is 1. The normalized spacial score (nSPS) is 14.7. The summed E-state index contributed by atoms with van der Waals surface area (Å²) in [6, 6.07) is -0.630. The number of methoxy groups -OCH3 is 1. The predicted molar refractivity (Wildman–Crippen MR) is 41.3 cm³/mol. The van der Waals surface area contributed by atoms with E-state index in [-0.39, 0.29) is 5.91 Å². The number of amides is 1. The van der Waals surface area contributed by atoms with Crippen molar-refractivity contribution < 1.29 is 19.4 Å². The number of hydrogen-bond donors (Lipinski definition) is 2. The zero-order valence-electron chi connectivity index (χ0n) is 7.33. The van der Waals surface area contributed by atoms with E-state index in [4.69, 9.17) is 5.11 Å². The van der Waals surface area contributed by atoms with Gasteiger partial charge in [0.1, 0.15) is 0 Å². The van der Waals surface area contributed by atoms with Crippen LogP contribution < -0.4 is 5.32 Å². The van der Waals surface area contributed by atoms with Gasteiger partial charge in [-0.2, -0.15) is 0 Å². The van der Waals surface area contributed by atoms with Gasteiger partial charge in [-0.15, -0.1) is 0 Å². The van der Waals surface area contributed by atoms with Gasteiger partial charge < -0.3 is 15.2 Å². The van der Waals surface area contributed by atoms with E-state index in [1.807, 2.05) is 0 Å². The van der Waals surface area contributed by atoms with Crippen molar-refractivity contribution in [2.45, 2.75) is 26.0 Å². The first-order valence-electron chi connectivity index (χ1n) is 3.52. The van der Waals surface area contributed by atoms with Crippen molar-refractivity contribution in [1.82, 2.24) is 5.32 Å². The molecule has 0 saturated carbocycles. The molecule has 0 aliphatic carbocycles. The van der Waals surface area contributed by atoms with E-state index in [2.05, 4.69) is 10.1 Å². The van der Waals surface area contributed by atoms with E-state index >= 15 is 0 Å². The molecule has 0 radical (unpaired) electrons. The van der Waals surface area contributed by atoms with Crippen molar-refractivity contribution in [3.05, 3.63) is 0 Å². The van der Waals surface area contributed by atoms with Gasteiger partial charge in [0.2, 0.25) is 5.91 Å². The molecule has 0 aromatic carbocycles. The van der Waals surface area contributed by atoms with Crippen molar-refractivity contribution in [1.29, 1.82) is 0 Å². The van der Waals surface area contributed by atoms with Crippen LogP contribution in [0.15, 0.2) is 0 Å². The molecule has 70 valence electrons. The van der Waals surface area contributed by atoms with Crippen molar-refractivity contribution >= 4 is 11.9 Å². The van der Waals surface area contributed by atoms with Gasteiger partial charge in [-0.25, -0.2) is 4.79 Å². The first-order chi connectivity index (χ1) is 5.49. The summed E-state index contributed by atoms with van der Waals surface area (Å²) < 4.78 is 4.27. The zero-order valence-corrected chi connectivity index (χ0v) is 7.33. The Morgan fingerprint density at radius 1 is 1.50 bits per heavy atom. The quantitative estimate of drug-likeness (QED) is 0.542. The fourth-order valence-corrected chi connectivity index (χ4v) is 0.724. The minimum atomic E-state index is -1.31. The monoisotopic (exact) mass is 175 g/mol. The van der Waals surface area contributed by atoms with Crippen LogP contribution in [0.25, 0.3) is 0 Å². The molecular weight excluding hydrogens is 162 g/mol. The largest absolute Gasteiger partial charge is 0.467 e. The third kappa shape index (κ3) is 3.34. The van der Waals surface area contributed by atoms with Crippen molar-refractivity contribution in [2.75, 3.05) is 7.11 Å². The van der Waals surface area contributed by atoms with Crippen LogP contribution in [0, 0.1) is 0 Å². The average Bonchev–Trinajstić information content (AvgIpc) is 2.00. The lowest BCUT2D eigenvalue weighted by Gasteiger charge is -2.16. The lowest BCUT2D eigenvalue weighted by atomic mass is 10.2. The lowest BCUT2D eigenvalue weighted by Crippen LogP contribution is -2.44. The van der Waals surface area contributed by atoms with Gasteiger partial charge in [0, 0.05) is 6.92 Å². The van der Waals surface area contributed by atoms with Gasteiger partial charge in [0.15, 0.2) is 6.10 Å². The molecule has 0 aromatic heterocycles. The van der Waals surface area contributed by atoms with E-state index in [0.717, 1.165) is 0 Å². The molecule has 5 heteroatoms. The van der Waals surface area contributed by atoms with Gasteiger partial charge in [-0.3, -0.25) is 4.79 Å². The number of carbonyl (C=O) groups is 2. The minimum Gasteiger partial charge on any atom is -0.467 e. The Kier molecular flexibility index (Phi) is 4.28. The summed E-state index contributed by atoms with van der Waals surface area (Å²) >= 11 is 0. The first-order valence-corrected chi connectivity index (χ1v) is 3.52. The zero-order chi connectivity index (χ0) is 9.72. The number of carbonyl (C=O) groups excluding carboxylic acids is 2. The molecule has 0 saturated heterocycles. The van der Waals surface area contributed by atoms with Gasteiger partial charge in [-0.1, -0.05) is 0 Å². The molecule has 12 heavy (non-hydrogen) atoms. The molecule has 0 rings (SSSR count). The highest BCUT2D eigenvalue weighted by atomic mass is 16.5. The lowest BCUT2D eigenvalue weighted by molar-refractivity contribution is -0.151. The Morgan fingerprint density at radius 2 is 2.00 bits per heavy atom. The summed E-state index contributed by atoms with van der Waals surface area (Å²) in [4.78, 5) is 21.2. The second-order valence-corrected chi connectivity index (χ2v) is 2.46. The fraction of sp³-hybridized carbons (Fsp3) is 0.714. The number of hydrogen-bond acceptors (Lipinski definition) is 4. The molecule has 0 spiro atoms. The highest BCUT2D eigenvalue weighted by Crippen LogP contribution is 1.94. The van der Waals surface area contributed by atoms with Crippen LogP contribution in [0.2, 0.25) is 0 Å². The minimum absolute atomic E-state index is 0.301. The van der Waals surface area contributed by atoms with E-state index in [1.165, 1.54) is 21.0 Å². The molecule has 0 aliphatic rings. The highest BCUT2D eigenvalue weighted by Gasteiger charge is 2.23. The summed E-state index contributed by atoms with van der Waals surface area (Å²) in [5.41, 5.74) is 0. The molecule has 2 atom stereocenters. The number of rotatable bonds is 3. The van der Waals surface area contributed by atoms with Gasteiger partial charge >= 0.3 is 5.97 Å². The summed E-state index contributed by atoms with van der Waals surface area (Å²) in [7, 11) is 1.17. The van der Waals surface area contributed by atoms with Gasteiger partial charge in [0.05, 0.1) is 13.2 Å². The smallest absolute Gasteiger partial charge is 0.336 e. The van der Waals surface area contributed by atoms with Crippen molar-refractivity contribution in [3.8, 4) is 0 Å². The Morgan fingerprint density at radius 3 is 2.33 bits per heavy atom. The second kappa shape index (κ2) is 4.71. The van der Waals surface area contributed by atoms with E-state index in [0.29, 0.717) is 0 Å². The predicted octanol–water partition coefficient (Wildman–Crippen LogP) is -0.955. The summed E-state index contributed by atoms with van der Waals surface area (Å²) in [5.74, 6) is -1.05. The molecule has 0 bridgehead atoms. The van der Waals surface area contributed by atoms with Crippen molar-refractivity contribution in [3.63, 3.8) is 0 Å². The topological polar surface area (TPSA) is 75.6 Å². The third-order valence-corrected chi connectivity index (χ3v) is 1.35. The maximum absolute atomic E-state index is 10.7. The molecule has 0 unspecified atom stereocenters. The molecular formula is C7H13NO4. The van der Waals surface area contributed by atoms with Crippen LogP contribution >= 0.6 is 0 Å². The second-order valence-electron chi connectivity index (χ2n) is 2.46. The fourth-order valence-electron chi connectivity index (χ4n) is 0.724. The van der Waals surface area contributed by atoms with E-state index in [9.17, 15) is 9.59 Å². The standard InChI is InChI=1S/C7H13NO4/c1-4(8-5(2)9)6(10)7(11)12-3/h4,6,10H,1-3H3,(H,8,9)/t4-,6+/m0/s1. The number of aliphatic hydroxyl groups excluding tert-OH is 1. The maximum atomic E-state index is 10.7. The molecule has 0 heterocycles. The summed E-state index contributed by atoms with van der Waals surface area (Å²) in [6.07, 6.45) is -1.31. The van der Waals surface area contributed by atoms with Crippen LogP contribution in [0.3, 0.4) is 0 Å². The Hall–Kier alpha value is -1.10.